The summed E-state index contributed by atoms with van der Waals surface area (Å²) in [5.41, 5.74) is 7.66. The van der Waals surface area contributed by atoms with E-state index in [0.29, 0.717) is 23.2 Å². The first-order valence-electron chi connectivity index (χ1n) is 9.86. The lowest BCUT2D eigenvalue weighted by molar-refractivity contribution is -0.118. The number of nitrogens with two attached hydrogens (primary N) is 1. The van der Waals surface area contributed by atoms with Crippen LogP contribution in [-0.4, -0.2) is 47.7 Å². The molecule has 1 saturated heterocycles. The molecule has 1 aromatic carbocycles. The number of hydrogen-bond acceptors (Lipinski definition) is 9. The standard InChI is InChI=1S/C21H25N7O2/c1-11(29)17-14-9-28(10-15(14)17)16-8-26-19(22)18(27-16)21(24)30-20(23)13-5-3-12(4-6-13)7-25-2/h3-6,8,14-15,17,23-25H,7,9-10H2,1-2H3,(H2,22,26)/t14-,15?,17?/m0/s1. The van der Waals surface area contributed by atoms with Crippen molar-refractivity contribution in [1.82, 2.24) is 15.3 Å². The third-order valence-corrected chi connectivity index (χ3v) is 5.79. The Labute approximate surface area is 174 Å². The summed E-state index contributed by atoms with van der Waals surface area (Å²) in [5, 5.41) is 19.5. The number of fused-ring (bicyclic) bond motifs is 1. The second-order valence-electron chi connectivity index (χ2n) is 7.82. The van der Waals surface area contributed by atoms with Crippen molar-refractivity contribution >= 4 is 29.2 Å². The maximum atomic E-state index is 11.6. The Morgan fingerprint density at radius 2 is 1.90 bits per heavy atom. The summed E-state index contributed by atoms with van der Waals surface area (Å²) < 4.78 is 5.40. The summed E-state index contributed by atoms with van der Waals surface area (Å²) in [4.78, 5) is 22.3. The molecule has 2 aromatic rings. The Morgan fingerprint density at radius 3 is 2.50 bits per heavy atom. The predicted molar refractivity (Wildman–Crippen MR) is 114 cm³/mol. The highest BCUT2D eigenvalue weighted by Gasteiger charge is 2.58. The summed E-state index contributed by atoms with van der Waals surface area (Å²) in [6, 6.07) is 7.34. The number of carbonyl (C=O) groups excluding carboxylic acids is 1. The number of ketones is 1. The van der Waals surface area contributed by atoms with E-state index < -0.39 is 0 Å². The van der Waals surface area contributed by atoms with Gasteiger partial charge < -0.3 is 20.7 Å². The molecule has 4 rings (SSSR count). The minimum Gasteiger partial charge on any atom is -0.419 e. The normalized spacial score (nSPS) is 21.8. The Hall–Kier alpha value is -3.33. The van der Waals surface area contributed by atoms with Crippen molar-refractivity contribution in [2.24, 2.45) is 17.8 Å². The fourth-order valence-corrected chi connectivity index (χ4v) is 4.21. The maximum Gasteiger partial charge on any atom is 0.243 e. The molecular weight excluding hydrogens is 382 g/mol. The van der Waals surface area contributed by atoms with E-state index in [1.807, 2.05) is 19.2 Å². The van der Waals surface area contributed by atoms with Crippen LogP contribution in [0.4, 0.5) is 11.6 Å². The molecule has 2 aliphatic rings. The zero-order chi connectivity index (χ0) is 21.4. The zero-order valence-electron chi connectivity index (χ0n) is 17.0. The monoisotopic (exact) mass is 407 g/mol. The second kappa shape index (κ2) is 7.83. The molecule has 0 spiro atoms. The van der Waals surface area contributed by atoms with E-state index >= 15 is 0 Å². The van der Waals surface area contributed by atoms with Gasteiger partial charge in [-0.15, -0.1) is 0 Å². The lowest BCUT2D eigenvalue weighted by atomic mass is 10.1. The first-order chi connectivity index (χ1) is 14.4. The van der Waals surface area contributed by atoms with Crippen LogP contribution in [0.15, 0.2) is 30.5 Å². The van der Waals surface area contributed by atoms with Gasteiger partial charge in [-0.1, -0.05) is 12.1 Å². The minimum absolute atomic E-state index is 0.0758. The number of ether oxygens (including phenoxy) is 1. The molecule has 30 heavy (non-hydrogen) atoms. The van der Waals surface area contributed by atoms with Gasteiger partial charge >= 0.3 is 0 Å². The summed E-state index contributed by atoms with van der Waals surface area (Å²) in [6.45, 7) is 3.87. The van der Waals surface area contributed by atoms with E-state index in [-0.39, 0.29) is 35.0 Å². The molecule has 0 amide bonds. The van der Waals surface area contributed by atoms with Gasteiger partial charge in [-0.05, 0) is 43.5 Å². The lowest BCUT2D eigenvalue weighted by Crippen LogP contribution is -2.27. The highest BCUT2D eigenvalue weighted by molar-refractivity contribution is 6.05. The van der Waals surface area contributed by atoms with Crippen molar-refractivity contribution in [2.75, 3.05) is 30.8 Å². The number of carbonyl (C=O) groups is 1. The molecule has 3 atom stereocenters. The molecule has 1 aliphatic heterocycles. The topological polar surface area (TPSA) is 141 Å². The number of piperidine rings is 1. The maximum absolute atomic E-state index is 11.6. The van der Waals surface area contributed by atoms with Crippen LogP contribution in [-0.2, 0) is 16.1 Å². The molecule has 9 nitrogen and oxygen atoms in total. The molecule has 1 saturated carbocycles. The third kappa shape index (κ3) is 3.76. The molecular formula is C21H25N7O2. The Balaban J connectivity index is 1.43. The van der Waals surface area contributed by atoms with Gasteiger partial charge in [0.2, 0.25) is 11.8 Å². The lowest BCUT2D eigenvalue weighted by Gasteiger charge is -2.21. The molecule has 9 heteroatoms. The summed E-state index contributed by atoms with van der Waals surface area (Å²) >= 11 is 0. The van der Waals surface area contributed by atoms with Crippen LogP contribution in [0.1, 0.15) is 23.7 Å². The number of hydrogen-bond donors (Lipinski definition) is 4. The van der Waals surface area contributed by atoms with Crippen LogP contribution in [0.25, 0.3) is 0 Å². The van der Waals surface area contributed by atoms with Crippen molar-refractivity contribution in [3.05, 3.63) is 47.3 Å². The first kappa shape index (κ1) is 20.0. The summed E-state index contributed by atoms with van der Waals surface area (Å²) in [6.07, 6.45) is 1.57. The average molecular weight is 407 g/mol. The second-order valence-corrected chi connectivity index (χ2v) is 7.82. The minimum atomic E-state index is -0.322. The highest BCUT2D eigenvalue weighted by atomic mass is 16.5. The number of nitrogen functional groups attached to an aromatic ring is 1. The molecule has 5 N–H and O–H groups in total. The van der Waals surface area contributed by atoms with Gasteiger partial charge in [0.25, 0.3) is 0 Å². The van der Waals surface area contributed by atoms with E-state index in [2.05, 4.69) is 20.2 Å². The van der Waals surface area contributed by atoms with Crippen molar-refractivity contribution in [2.45, 2.75) is 13.5 Å². The Morgan fingerprint density at radius 1 is 1.23 bits per heavy atom. The van der Waals surface area contributed by atoms with Crippen LogP contribution >= 0.6 is 0 Å². The van der Waals surface area contributed by atoms with E-state index in [1.54, 1.807) is 25.3 Å². The van der Waals surface area contributed by atoms with Gasteiger partial charge in [0.1, 0.15) is 11.6 Å². The van der Waals surface area contributed by atoms with Crippen molar-refractivity contribution in [3.63, 3.8) is 0 Å². The quantitative estimate of drug-likeness (QED) is 0.419. The smallest absolute Gasteiger partial charge is 0.243 e. The fraction of sp³-hybridized carbons (Fsp3) is 0.381. The Bertz CT molecular complexity index is 993. The van der Waals surface area contributed by atoms with Crippen LogP contribution in [0.2, 0.25) is 0 Å². The largest absolute Gasteiger partial charge is 0.419 e. The number of nitrogens with zero attached hydrogens (tertiary/aromatic N) is 3. The van der Waals surface area contributed by atoms with Crippen LogP contribution in [0.5, 0.6) is 0 Å². The number of benzene rings is 1. The van der Waals surface area contributed by atoms with E-state index in [4.69, 9.17) is 21.3 Å². The SMILES string of the molecule is CNCc1ccc(C(=N)OC(=N)c2nc(N3CC4C(C(C)=O)[C@H]4C3)cnc2N)cc1. The van der Waals surface area contributed by atoms with Gasteiger partial charge in [-0.3, -0.25) is 15.6 Å². The predicted octanol–water partition coefficient (Wildman–Crippen LogP) is 1.42. The van der Waals surface area contributed by atoms with E-state index in [1.165, 1.54) is 0 Å². The molecule has 1 aromatic heterocycles. The molecule has 156 valence electrons. The molecule has 2 unspecified atom stereocenters. The molecule has 2 fully saturated rings. The number of aromatic nitrogens is 2. The van der Waals surface area contributed by atoms with Gasteiger partial charge in [0.15, 0.2) is 11.5 Å². The van der Waals surface area contributed by atoms with Crippen molar-refractivity contribution < 1.29 is 9.53 Å². The van der Waals surface area contributed by atoms with Gasteiger partial charge in [0, 0.05) is 31.1 Å². The number of anilines is 2. The Kier molecular flexibility index (Phi) is 5.21. The van der Waals surface area contributed by atoms with Gasteiger partial charge in [-0.25, -0.2) is 9.97 Å². The number of Topliss-reactive ketones (excluding diaryl/α,β-unsaturated/α-hetero) is 1. The van der Waals surface area contributed by atoms with Crippen LogP contribution in [0, 0.1) is 28.6 Å². The van der Waals surface area contributed by atoms with Crippen molar-refractivity contribution in [1.29, 1.82) is 10.8 Å². The van der Waals surface area contributed by atoms with E-state index in [9.17, 15) is 4.79 Å². The zero-order valence-corrected chi connectivity index (χ0v) is 17.0. The van der Waals surface area contributed by atoms with Crippen molar-refractivity contribution in [3.8, 4) is 0 Å². The molecule has 1 aliphatic carbocycles. The van der Waals surface area contributed by atoms with Crippen LogP contribution in [0.3, 0.4) is 0 Å². The third-order valence-electron chi connectivity index (χ3n) is 5.79. The molecule has 0 radical (unpaired) electrons. The average Bonchev–Trinajstić information content (AvgIpc) is 3.24. The van der Waals surface area contributed by atoms with Gasteiger partial charge in [-0.2, -0.15) is 0 Å². The van der Waals surface area contributed by atoms with Gasteiger partial charge in [0.05, 0.1) is 6.20 Å². The summed E-state index contributed by atoms with van der Waals surface area (Å²) in [7, 11) is 1.87. The fourth-order valence-electron chi connectivity index (χ4n) is 4.21. The van der Waals surface area contributed by atoms with Crippen LogP contribution < -0.4 is 16.0 Å². The molecule has 0 bridgehead atoms. The molecule has 2 heterocycles. The number of rotatable bonds is 6. The number of nitrogens with one attached hydrogen (secondary N) is 3. The first-order valence-corrected chi connectivity index (χ1v) is 9.86. The van der Waals surface area contributed by atoms with E-state index in [0.717, 1.165) is 25.2 Å². The highest BCUT2D eigenvalue weighted by Crippen LogP contribution is 2.52. The summed E-state index contributed by atoms with van der Waals surface area (Å²) in [5.74, 6) is 1.37.